The van der Waals surface area contributed by atoms with Gasteiger partial charge in [0, 0.05) is 16.7 Å². The maximum atomic E-state index is 13.1. The second-order valence-corrected chi connectivity index (χ2v) is 11.1. The van der Waals surface area contributed by atoms with Crippen molar-refractivity contribution in [3.05, 3.63) is 23.8 Å². The number of carboxylic acids is 1. The number of fused-ring (bicyclic) bond motifs is 5. The monoisotopic (exact) mass is 474 g/mol. The number of carbonyl (C=O) groups is 4. The van der Waals surface area contributed by atoms with Crippen LogP contribution in [-0.4, -0.2) is 57.1 Å². The molecule has 8 heteroatoms. The van der Waals surface area contributed by atoms with Gasteiger partial charge in [-0.3, -0.25) is 19.2 Å². The van der Waals surface area contributed by atoms with Crippen molar-refractivity contribution >= 4 is 23.5 Å². The molecule has 0 aromatic heterocycles. The van der Waals surface area contributed by atoms with Crippen LogP contribution < -0.4 is 0 Å². The molecule has 4 rings (SSSR count). The molecular formula is C26H34O8. The lowest BCUT2D eigenvalue weighted by molar-refractivity contribution is -0.182. The summed E-state index contributed by atoms with van der Waals surface area (Å²) in [6.07, 6.45) is 5.52. The van der Waals surface area contributed by atoms with E-state index in [0.29, 0.717) is 6.42 Å². The van der Waals surface area contributed by atoms with Crippen molar-refractivity contribution in [3.63, 3.8) is 0 Å². The molecule has 4 aliphatic carbocycles. The number of hydrogen-bond donors (Lipinski definition) is 3. The molecule has 0 radical (unpaired) electrons. The van der Waals surface area contributed by atoms with Crippen molar-refractivity contribution in [1.29, 1.82) is 0 Å². The van der Waals surface area contributed by atoms with Crippen molar-refractivity contribution in [3.8, 4) is 0 Å². The van der Waals surface area contributed by atoms with Crippen LogP contribution in [0.1, 0.15) is 59.3 Å². The molecule has 3 saturated carbocycles. The van der Waals surface area contributed by atoms with Crippen molar-refractivity contribution in [2.24, 2.45) is 34.5 Å². The Balaban J connectivity index is 1.56. The van der Waals surface area contributed by atoms with Gasteiger partial charge < -0.3 is 20.1 Å². The van der Waals surface area contributed by atoms with Gasteiger partial charge in [-0.2, -0.15) is 0 Å². The average Bonchev–Trinajstić information content (AvgIpc) is 3.03. The number of carboxylic acid groups (broad SMARTS) is 1. The molecule has 8 nitrogen and oxygen atoms in total. The van der Waals surface area contributed by atoms with E-state index in [1.165, 1.54) is 0 Å². The SMILES string of the molecule is C[C@@H]1C[C@@H]2[C@H]([C@@H](O)C[C@@]3(C)[C@H]2CC[C@]3(O)C(=O)COC(=O)CCC(=O)O)[C@@]2(C)C=CC(=O)C=C12. The number of allylic oxidation sites excluding steroid dienone is 4. The molecule has 0 unspecified atom stereocenters. The Kier molecular flexibility index (Phi) is 6.13. The minimum Gasteiger partial charge on any atom is -0.481 e. The fourth-order valence-electron chi connectivity index (χ4n) is 7.76. The van der Waals surface area contributed by atoms with Crippen molar-refractivity contribution in [2.75, 3.05) is 6.61 Å². The molecule has 0 aromatic carbocycles. The van der Waals surface area contributed by atoms with Gasteiger partial charge in [0.05, 0.1) is 18.9 Å². The fraction of sp³-hybridized carbons (Fsp3) is 0.692. The Bertz CT molecular complexity index is 981. The lowest BCUT2D eigenvalue weighted by Gasteiger charge is -2.60. The maximum absolute atomic E-state index is 13.1. The van der Waals surface area contributed by atoms with Crippen molar-refractivity contribution in [2.45, 2.75) is 71.0 Å². The number of esters is 1. The highest BCUT2D eigenvalue weighted by Crippen LogP contribution is 2.67. The highest BCUT2D eigenvalue weighted by Gasteiger charge is 2.68. The second-order valence-electron chi connectivity index (χ2n) is 11.1. The van der Waals surface area contributed by atoms with Gasteiger partial charge in [-0.1, -0.05) is 32.4 Å². The molecule has 0 spiro atoms. The number of carbonyl (C=O) groups excluding carboxylic acids is 3. The summed E-state index contributed by atoms with van der Waals surface area (Å²) in [5, 5.41) is 31.7. The van der Waals surface area contributed by atoms with Gasteiger partial charge in [0.1, 0.15) is 5.60 Å². The number of ketones is 2. The molecule has 0 saturated heterocycles. The highest BCUT2D eigenvalue weighted by atomic mass is 16.5. The van der Waals surface area contributed by atoms with Gasteiger partial charge in [-0.15, -0.1) is 0 Å². The Morgan fingerprint density at radius 3 is 2.59 bits per heavy atom. The summed E-state index contributed by atoms with van der Waals surface area (Å²) >= 11 is 0. The molecule has 8 atom stereocenters. The summed E-state index contributed by atoms with van der Waals surface area (Å²) in [7, 11) is 0. The lowest BCUT2D eigenvalue weighted by Crippen LogP contribution is -2.62. The van der Waals surface area contributed by atoms with E-state index in [2.05, 4.69) is 13.8 Å². The van der Waals surface area contributed by atoms with Crippen LogP contribution in [0.3, 0.4) is 0 Å². The number of aliphatic hydroxyl groups excluding tert-OH is 1. The molecule has 0 aliphatic heterocycles. The lowest BCUT2D eigenvalue weighted by atomic mass is 9.45. The van der Waals surface area contributed by atoms with Gasteiger partial charge >= 0.3 is 11.9 Å². The Labute approximate surface area is 199 Å². The van der Waals surface area contributed by atoms with Crippen LogP contribution in [0.2, 0.25) is 0 Å². The molecule has 3 fully saturated rings. The molecule has 0 amide bonds. The van der Waals surface area contributed by atoms with E-state index < -0.39 is 46.9 Å². The first-order valence-corrected chi connectivity index (χ1v) is 12.1. The minimum absolute atomic E-state index is 0.00980. The maximum Gasteiger partial charge on any atom is 0.306 e. The largest absolute Gasteiger partial charge is 0.481 e. The van der Waals surface area contributed by atoms with Crippen LogP contribution >= 0.6 is 0 Å². The number of Topliss-reactive ketones (excluding diaryl/α,β-unsaturated/α-hetero) is 1. The van der Waals surface area contributed by atoms with Crippen LogP contribution in [0.15, 0.2) is 23.8 Å². The summed E-state index contributed by atoms with van der Waals surface area (Å²) in [6.45, 7) is 5.40. The highest BCUT2D eigenvalue weighted by molar-refractivity contribution is 6.01. The third kappa shape index (κ3) is 3.66. The number of ether oxygens (including phenoxy) is 1. The van der Waals surface area contributed by atoms with Gasteiger partial charge in [-0.05, 0) is 55.6 Å². The van der Waals surface area contributed by atoms with E-state index in [1.807, 2.05) is 13.0 Å². The zero-order valence-electron chi connectivity index (χ0n) is 20.0. The first-order valence-electron chi connectivity index (χ1n) is 12.1. The summed E-state index contributed by atoms with van der Waals surface area (Å²) in [4.78, 5) is 47.7. The number of rotatable bonds is 6. The van der Waals surface area contributed by atoms with E-state index in [0.717, 1.165) is 12.0 Å². The zero-order chi connectivity index (χ0) is 25.1. The minimum atomic E-state index is -1.74. The van der Waals surface area contributed by atoms with Crippen LogP contribution in [0, 0.1) is 34.5 Å². The molecular weight excluding hydrogens is 440 g/mol. The average molecular weight is 475 g/mol. The van der Waals surface area contributed by atoms with Crippen molar-refractivity contribution in [1.82, 2.24) is 0 Å². The van der Waals surface area contributed by atoms with Gasteiger partial charge in [0.15, 0.2) is 12.4 Å². The van der Waals surface area contributed by atoms with E-state index >= 15 is 0 Å². The first-order chi connectivity index (χ1) is 15.8. The molecule has 0 heterocycles. The summed E-state index contributed by atoms with van der Waals surface area (Å²) in [6, 6.07) is 0. The molecule has 3 N–H and O–H groups in total. The third-order valence-electron chi connectivity index (χ3n) is 9.34. The zero-order valence-corrected chi connectivity index (χ0v) is 20.0. The summed E-state index contributed by atoms with van der Waals surface area (Å²) in [5.41, 5.74) is -2.04. The van der Waals surface area contributed by atoms with Gasteiger partial charge in [-0.25, -0.2) is 0 Å². The van der Waals surface area contributed by atoms with Crippen LogP contribution in [0.5, 0.6) is 0 Å². The molecule has 186 valence electrons. The van der Waals surface area contributed by atoms with E-state index in [4.69, 9.17) is 9.84 Å². The number of aliphatic hydroxyl groups is 2. The standard InChI is InChI=1S/C26H34O8/c1-14-10-16-17-7-9-26(33,20(29)13-34-22(32)5-4-21(30)31)25(17,3)12-19(28)23(16)24(2)8-6-15(27)11-18(14)24/h6,8,11,14,16-17,19,23,28,33H,4-5,7,9-10,12-13H2,1-3H3,(H,30,31)/t14-,16+,17+,19+,23-,24+,25+,26+/m1/s1. The fourth-order valence-corrected chi connectivity index (χ4v) is 7.76. The first kappa shape index (κ1) is 24.8. The van der Waals surface area contributed by atoms with E-state index in [1.54, 1.807) is 12.2 Å². The second kappa shape index (κ2) is 8.41. The number of hydrogen-bond acceptors (Lipinski definition) is 7. The predicted molar refractivity (Wildman–Crippen MR) is 120 cm³/mol. The van der Waals surface area contributed by atoms with E-state index in [9.17, 15) is 29.4 Å². The Morgan fingerprint density at radius 1 is 1.21 bits per heavy atom. The smallest absolute Gasteiger partial charge is 0.306 e. The van der Waals surface area contributed by atoms with Crippen molar-refractivity contribution < 1.29 is 39.2 Å². The third-order valence-corrected chi connectivity index (χ3v) is 9.34. The molecule has 0 bridgehead atoms. The summed E-state index contributed by atoms with van der Waals surface area (Å²) in [5.74, 6) is -2.51. The molecule has 34 heavy (non-hydrogen) atoms. The predicted octanol–water partition coefficient (Wildman–Crippen LogP) is 2.22. The molecule has 0 aromatic rings. The van der Waals surface area contributed by atoms with Crippen LogP contribution in [0.4, 0.5) is 0 Å². The molecule has 4 aliphatic rings. The summed E-state index contributed by atoms with van der Waals surface area (Å²) < 4.78 is 4.98. The topological polar surface area (TPSA) is 138 Å². The number of aliphatic carboxylic acids is 1. The normalized spacial score (nSPS) is 42.8. The quantitative estimate of drug-likeness (QED) is 0.498. The van der Waals surface area contributed by atoms with Crippen LogP contribution in [-0.2, 0) is 23.9 Å². The van der Waals surface area contributed by atoms with E-state index in [-0.39, 0.29) is 55.1 Å². The van der Waals surface area contributed by atoms with Gasteiger partial charge in [0.2, 0.25) is 5.78 Å². The Morgan fingerprint density at radius 2 is 1.91 bits per heavy atom. The van der Waals surface area contributed by atoms with Crippen LogP contribution in [0.25, 0.3) is 0 Å². The Hall–Kier alpha value is -2.32. The van der Waals surface area contributed by atoms with Gasteiger partial charge in [0.25, 0.3) is 0 Å².